The van der Waals surface area contributed by atoms with E-state index in [1.165, 1.54) is 18.2 Å². The predicted molar refractivity (Wildman–Crippen MR) is 111 cm³/mol. The van der Waals surface area contributed by atoms with Crippen molar-refractivity contribution in [3.8, 4) is 0 Å². The molecule has 3 aromatic carbocycles. The Hall–Kier alpha value is -2.96. The van der Waals surface area contributed by atoms with Crippen LogP contribution >= 0.6 is 0 Å². The van der Waals surface area contributed by atoms with Gasteiger partial charge >= 0.3 is 0 Å². The summed E-state index contributed by atoms with van der Waals surface area (Å²) in [5.74, 6) is -0.768. The summed E-state index contributed by atoms with van der Waals surface area (Å²) in [6.45, 7) is 0.620. The summed E-state index contributed by atoms with van der Waals surface area (Å²) in [6, 6.07) is 20.1. The summed E-state index contributed by atoms with van der Waals surface area (Å²) < 4.78 is 29.0. The van der Waals surface area contributed by atoms with Crippen molar-refractivity contribution in [2.24, 2.45) is 0 Å². The highest BCUT2D eigenvalue weighted by Crippen LogP contribution is 2.46. The molecule has 2 atom stereocenters. The van der Waals surface area contributed by atoms with Crippen LogP contribution in [0.5, 0.6) is 0 Å². The number of benzene rings is 3. The van der Waals surface area contributed by atoms with E-state index in [2.05, 4.69) is 5.32 Å². The van der Waals surface area contributed by atoms with Gasteiger partial charge in [-0.05, 0) is 49.0 Å². The van der Waals surface area contributed by atoms with Crippen molar-refractivity contribution in [2.75, 3.05) is 30.1 Å². The van der Waals surface area contributed by atoms with Gasteiger partial charge in [0.25, 0.3) is 0 Å². The number of halogens is 2. The van der Waals surface area contributed by atoms with Crippen molar-refractivity contribution in [1.82, 2.24) is 5.32 Å². The topological polar surface area (TPSA) is 38.7 Å². The number of nitrogens with zero attached hydrogens (tertiary/aromatic N) is 2. The van der Waals surface area contributed by atoms with E-state index in [0.717, 1.165) is 5.69 Å². The fourth-order valence-electron chi connectivity index (χ4n) is 3.98. The van der Waals surface area contributed by atoms with Crippen LogP contribution in [0.3, 0.4) is 0 Å². The molecule has 2 unspecified atom stereocenters. The van der Waals surface area contributed by atoms with E-state index >= 15 is 0 Å². The highest BCUT2D eigenvalue weighted by molar-refractivity contribution is 5.83. The zero-order valence-corrected chi connectivity index (χ0v) is 16.1. The van der Waals surface area contributed by atoms with Gasteiger partial charge in [0.1, 0.15) is 11.6 Å². The molecule has 0 aliphatic carbocycles. The first-order chi connectivity index (χ1) is 14.1. The van der Waals surface area contributed by atoms with Gasteiger partial charge in [0.05, 0.1) is 30.2 Å². The van der Waals surface area contributed by atoms with E-state index in [9.17, 15) is 13.9 Å². The maximum Gasteiger partial charge on any atom is 0.148 e. The molecule has 29 heavy (non-hydrogen) atoms. The smallest absolute Gasteiger partial charge is 0.148 e. The molecule has 1 aliphatic heterocycles. The summed E-state index contributed by atoms with van der Waals surface area (Å²) in [6.07, 6.45) is -0.870. The number of nitrogens with one attached hydrogen (secondary N) is 1. The van der Waals surface area contributed by atoms with E-state index in [1.54, 1.807) is 25.2 Å². The van der Waals surface area contributed by atoms with Crippen molar-refractivity contribution in [3.05, 3.63) is 90.0 Å². The number of fused-ring (bicyclic) bond motifs is 1. The number of hydrogen-bond donors (Lipinski definition) is 2. The molecule has 0 saturated heterocycles. The van der Waals surface area contributed by atoms with Crippen LogP contribution in [0, 0.1) is 11.6 Å². The second-order valence-electron chi connectivity index (χ2n) is 7.11. The molecule has 0 saturated carbocycles. The Bertz CT molecular complexity index is 983. The number of aliphatic hydroxyl groups is 1. The minimum atomic E-state index is -0.870. The lowest BCUT2D eigenvalue weighted by molar-refractivity contribution is 0.141. The average molecular weight is 395 g/mol. The average Bonchev–Trinajstić information content (AvgIpc) is 3.10. The number of aliphatic hydroxyl groups excluding tert-OH is 1. The van der Waals surface area contributed by atoms with Crippen molar-refractivity contribution >= 4 is 17.1 Å². The van der Waals surface area contributed by atoms with Crippen LogP contribution in [0.4, 0.5) is 25.8 Å². The monoisotopic (exact) mass is 395 g/mol. The quantitative estimate of drug-likeness (QED) is 0.656. The van der Waals surface area contributed by atoms with Crippen LogP contribution in [-0.2, 0) is 0 Å². The van der Waals surface area contributed by atoms with Gasteiger partial charge in [-0.1, -0.05) is 36.4 Å². The summed E-state index contributed by atoms with van der Waals surface area (Å²) >= 11 is 0. The molecule has 6 heteroatoms. The van der Waals surface area contributed by atoms with Crippen molar-refractivity contribution in [3.63, 3.8) is 0 Å². The maximum absolute atomic E-state index is 15.0. The van der Waals surface area contributed by atoms with Gasteiger partial charge in [0.2, 0.25) is 0 Å². The molecule has 150 valence electrons. The second kappa shape index (κ2) is 8.19. The number of para-hydroxylation sites is 2. The summed E-state index contributed by atoms with van der Waals surface area (Å²) in [5.41, 5.74) is 2.63. The molecular weight excluding hydrogens is 372 g/mol. The maximum atomic E-state index is 15.0. The Morgan fingerprint density at radius 2 is 1.76 bits per heavy atom. The van der Waals surface area contributed by atoms with Gasteiger partial charge in [-0.3, -0.25) is 0 Å². The van der Waals surface area contributed by atoms with Gasteiger partial charge in [-0.15, -0.1) is 0 Å². The SMILES string of the molecule is CNCC(O)C(c1cccc(F)c1)N1CN(c2ccccc2)c2cccc(F)c21. The normalized spacial score (nSPS) is 15.3. The van der Waals surface area contributed by atoms with Crippen molar-refractivity contribution in [2.45, 2.75) is 12.1 Å². The van der Waals surface area contributed by atoms with Gasteiger partial charge in [0, 0.05) is 12.2 Å². The fraction of sp³-hybridized carbons (Fsp3) is 0.217. The van der Waals surface area contributed by atoms with E-state index in [-0.39, 0.29) is 12.4 Å². The van der Waals surface area contributed by atoms with Crippen LogP contribution < -0.4 is 15.1 Å². The van der Waals surface area contributed by atoms with Gasteiger partial charge < -0.3 is 20.2 Å². The lowest BCUT2D eigenvalue weighted by atomic mass is 9.99. The Morgan fingerprint density at radius 3 is 2.48 bits per heavy atom. The summed E-state index contributed by atoms with van der Waals surface area (Å²) in [4.78, 5) is 3.81. The molecule has 0 spiro atoms. The molecule has 2 N–H and O–H groups in total. The fourth-order valence-corrected chi connectivity index (χ4v) is 3.98. The first-order valence-corrected chi connectivity index (χ1v) is 9.56. The van der Waals surface area contributed by atoms with Crippen molar-refractivity contribution in [1.29, 1.82) is 0 Å². The van der Waals surface area contributed by atoms with Gasteiger partial charge in [-0.25, -0.2) is 8.78 Å². The zero-order valence-electron chi connectivity index (χ0n) is 16.1. The molecule has 4 nitrogen and oxygen atoms in total. The summed E-state index contributed by atoms with van der Waals surface area (Å²) in [7, 11) is 1.74. The molecule has 0 bridgehead atoms. The van der Waals surface area contributed by atoms with E-state index in [1.807, 2.05) is 46.2 Å². The lowest BCUT2D eigenvalue weighted by Crippen LogP contribution is -2.42. The molecule has 0 amide bonds. The molecule has 1 heterocycles. The minimum Gasteiger partial charge on any atom is -0.389 e. The number of anilines is 3. The molecule has 1 aliphatic rings. The Kier molecular flexibility index (Phi) is 5.47. The second-order valence-corrected chi connectivity index (χ2v) is 7.11. The zero-order chi connectivity index (χ0) is 20.4. The van der Waals surface area contributed by atoms with Crippen molar-refractivity contribution < 1.29 is 13.9 Å². The third-order valence-electron chi connectivity index (χ3n) is 5.21. The minimum absolute atomic E-state index is 0.285. The number of likely N-dealkylation sites (N-methyl/N-ethyl adjacent to an activating group) is 1. The van der Waals surface area contributed by atoms with E-state index in [4.69, 9.17) is 0 Å². The van der Waals surface area contributed by atoms with E-state index in [0.29, 0.717) is 23.6 Å². The molecule has 4 rings (SSSR count). The predicted octanol–water partition coefficient (Wildman–Crippen LogP) is 4.20. The van der Waals surface area contributed by atoms with Crippen LogP contribution in [0.1, 0.15) is 11.6 Å². The summed E-state index contributed by atoms with van der Waals surface area (Å²) in [5, 5.41) is 13.9. The molecule has 0 fully saturated rings. The van der Waals surface area contributed by atoms with Crippen LogP contribution in [0.15, 0.2) is 72.8 Å². The first-order valence-electron chi connectivity index (χ1n) is 9.56. The van der Waals surface area contributed by atoms with Crippen LogP contribution in [-0.4, -0.2) is 31.5 Å². The number of hydrogen-bond acceptors (Lipinski definition) is 4. The highest BCUT2D eigenvalue weighted by Gasteiger charge is 2.37. The molecule has 0 aromatic heterocycles. The Labute approximate surface area is 169 Å². The number of rotatable bonds is 6. The largest absolute Gasteiger partial charge is 0.389 e. The Balaban J connectivity index is 1.83. The molecular formula is C23H23F2N3O. The van der Waals surface area contributed by atoms with Crippen LogP contribution in [0.25, 0.3) is 0 Å². The lowest BCUT2D eigenvalue weighted by Gasteiger charge is -2.34. The molecule has 0 radical (unpaired) electrons. The first kappa shape index (κ1) is 19.4. The standard InChI is InChI=1S/C23H23F2N3O/c1-26-14-21(29)22(16-7-5-8-17(24)13-16)28-15-27(18-9-3-2-4-10-18)20-12-6-11-19(25)23(20)28/h2-13,21-22,26,29H,14-15H2,1H3. The Morgan fingerprint density at radius 1 is 1.00 bits per heavy atom. The van der Waals surface area contributed by atoms with Gasteiger partial charge in [-0.2, -0.15) is 0 Å². The third-order valence-corrected chi connectivity index (χ3v) is 5.21. The molecule has 3 aromatic rings. The highest BCUT2D eigenvalue weighted by atomic mass is 19.1. The van der Waals surface area contributed by atoms with Crippen LogP contribution in [0.2, 0.25) is 0 Å². The van der Waals surface area contributed by atoms with Gasteiger partial charge in [0.15, 0.2) is 0 Å². The third kappa shape index (κ3) is 3.69. The van der Waals surface area contributed by atoms with E-state index < -0.39 is 18.0 Å².